The second-order valence-electron chi connectivity index (χ2n) is 6.85. The molecule has 7 nitrogen and oxygen atoms in total. The van der Waals surface area contributed by atoms with Crippen LogP contribution in [0, 0.1) is 0 Å². The molecule has 0 aliphatic carbocycles. The molecule has 1 unspecified atom stereocenters. The Bertz CT molecular complexity index is 1200. The van der Waals surface area contributed by atoms with E-state index in [1.807, 2.05) is 19.9 Å². The van der Waals surface area contributed by atoms with E-state index in [1.165, 1.54) is 7.11 Å². The van der Waals surface area contributed by atoms with E-state index >= 15 is 0 Å². The lowest BCUT2D eigenvalue weighted by Crippen LogP contribution is -2.28. The summed E-state index contributed by atoms with van der Waals surface area (Å²) in [6.07, 6.45) is 1.38. The van der Waals surface area contributed by atoms with Gasteiger partial charge in [0.2, 0.25) is 10.0 Å². The summed E-state index contributed by atoms with van der Waals surface area (Å²) in [7, 11) is -0.698. The molecule has 1 atom stereocenters. The first-order chi connectivity index (χ1) is 14.3. The minimum absolute atomic E-state index is 0.0777. The van der Waals surface area contributed by atoms with Crippen LogP contribution in [0.25, 0.3) is 10.2 Å². The Kier molecular flexibility index (Phi) is 6.84. The molecule has 0 aliphatic heterocycles. The summed E-state index contributed by atoms with van der Waals surface area (Å²) < 4.78 is 41.8. The van der Waals surface area contributed by atoms with Gasteiger partial charge in [-0.2, -0.15) is 0 Å². The number of sulfonamides is 1. The van der Waals surface area contributed by atoms with Gasteiger partial charge in [-0.1, -0.05) is 31.3 Å². The van der Waals surface area contributed by atoms with Crippen LogP contribution in [0.3, 0.4) is 0 Å². The number of aromatic nitrogens is 1. The molecule has 1 aromatic heterocycles. The largest absolute Gasteiger partial charge is 0.493 e. The minimum Gasteiger partial charge on any atom is -0.493 e. The number of ether oxygens (including phenoxy) is 2. The average Bonchev–Trinajstić information content (AvgIpc) is 3.06. The summed E-state index contributed by atoms with van der Waals surface area (Å²) >= 11 is 1.06. The number of hydrogen-bond acceptors (Lipinski definition) is 6. The van der Waals surface area contributed by atoms with Gasteiger partial charge in [0, 0.05) is 12.6 Å². The standard InChI is InChI=1S/C21H26N2O5S2/c1-5-11-23-17-9-8-15(13-20(17)29-21(23)24)30(25,26)22-16(6-2)14-7-10-18(27-3)19(12-14)28-4/h7-10,12-13,16,22H,5-6,11H2,1-4H3. The fourth-order valence-electron chi connectivity index (χ4n) is 3.36. The van der Waals surface area contributed by atoms with Crippen molar-refractivity contribution >= 4 is 31.6 Å². The number of nitrogens with one attached hydrogen (secondary N) is 1. The molecule has 0 spiro atoms. The van der Waals surface area contributed by atoms with Crippen molar-refractivity contribution in [3.8, 4) is 11.5 Å². The second kappa shape index (κ2) is 9.20. The molecule has 0 radical (unpaired) electrons. The second-order valence-corrected chi connectivity index (χ2v) is 9.55. The average molecular weight is 451 g/mol. The van der Waals surface area contributed by atoms with Crippen LogP contribution in [0.15, 0.2) is 46.1 Å². The van der Waals surface area contributed by atoms with Crippen LogP contribution in [0.5, 0.6) is 11.5 Å². The summed E-state index contributed by atoms with van der Waals surface area (Å²) in [5.41, 5.74) is 1.54. The van der Waals surface area contributed by atoms with E-state index in [-0.39, 0.29) is 9.77 Å². The van der Waals surface area contributed by atoms with Crippen LogP contribution in [0.4, 0.5) is 0 Å². The molecule has 9 heteroatoms. The number of rotatable bonds is 9. The molecule has 1 heterocycles. The van der Waals surface area contributed by atoms with Crippen molar-refractivity contribution in [2.45, 2.75) is 44.2 Å². The Morgan fingerprint density at radius 3 is 2.43 bits per heavy atom. The molecule has 3 rings (SSSR count). The maximum absolute atomic E-state index is 13.1. The molecule has 3 aromatic rings. The Hall–Kier alpha value is -2.36. The van der Waals surface area contributed by atoms with Crippen LogP contribution >= 0.6 is 11.3 Å². The fourth-order valence-corrected chi connectivity index (χ4v) is 5.73. The molecular formula is C21H26N2O5S2. The topological polar surface area (TPSA) is 86.6 Å². The van der Waals surface area contributed by atoms with Crippen molar-refractivity contribution in [3.63, 3.8) is 0 Å². The number of nitrogens with zero attached hydrogens (tertiary/aromatic N) is 1. The summed E-state index contributed by atoms with van der Waals surface area (Å²) in [6, 6.07) is 9.73. The Balaban J connectivity index is 1.93. The van der Waals surface area contributed by atoms with Crippen molar-refractivity contribution in [1.82, 2.24) is 9.29 Å². The van der Waals surface area contributed by atoms with Crippen molar-refractivity contribution in [3.05, 3.63) is 51.6 Å². The van der Waals surface area contributed by atoms with E-state index in [0.717, 1.165) is 28.8 Å². The lowest BCUT2D eigenvalue weighted by Gasteiger charge is -2.19. The third-order valence-electron chi connectivity index (χ3n) is 4.91. The van der Waals surface area contributed by atoms with Crippen molar-refractivity contribution < 1.29 is 17.9 Å². The number of methoxy groups -OCH3 is 2. The first-order valence-electron chi connectivity index (χ1n) is 9.72. The van der Waals surface area contributed by atoms with Gasteiger partial charge in [-0.25, -0.2) is 13.1 Å². The lowest BCUT2D eigenvalue weighted by atomic mass is 10.1. The lowest BCUT2D eigenvalue weighted by molar-refractivity contribution is 0.354. The van der Waals surface area contributed by atoms with Crippen molar-refractivity contribution in [2.75, 3.05) is 14.2 Å². The SMILES string of the molecule is CCCn1c(=O)sc2cc(S(=O)(=O)NC(CC)c3ccc(OC)c(OC)c3)ccc21. The zero-order chi connectivity index (χ0) is 21.9. The highest BCUT2D eigenvalue weighted by Crippen LogP contribution is 2.32. The maximum atomic E-state index is 13.1. The van der Waals surface area contributed by atoms with Crippen LogP contribution in [-0.2, 0) is 16.6 Å². The molecule has 2 aromatic carbocycles. The zero-order valence-electron chi connectivity index (χ0n) is 17.5. The Morgan fingerprint density at radius 2 is 1.80 bits per heavy atom. The molecule has 0 amide bonds. The highest BCUT2D eigenvalue weighted by molar-refractivity contribution is 7.89. The smallest absolute Gasteiger partial charge is 0.308 e. The minimum atomic E-state index is -3.79. The molecular weight excluding hydrogens is 424 g/mol. The van der Waals surface area contributed by atoms with E-state index < -0.39 is 16.1 Å². The van der Waals surface area contributed by atoms with Gasteiger partial charge in [0.1, 0.15) is 0 Å². The third-order valence-corrected chi connectivity index (χ3v) is 7.32. The summed E-state index contributed by atoms with van der Waals surface area (Å²) in [6.45, 7) is 4.52. The number of fused-ring (bicyclic) bond motifs is 1. The van der Waals surface area contributed by atoms with Gasteiger partial charge in [-0.15, -0.1) is 0 Å². The van der Waals surface area contributed by atoms with Gasteiger partial charge >= 0.3 is 4.87 Å². The predicted octanol–water partition coefficient (Wildman–Crippen LogP) is 3.92. The molecule has 162 valence electrons. The van der Waals surface area contributed by atoms with Crippen LogP contribution in [0.1, 0.15) is 38.3 Å². The van der Waals surface area contributed by atoms with E-state index in [2.05, 4.69) is 4.72 Å². The van der Waals surface area contributed by atoms with Gasteiger partial charge in [0.05, 0.1) is 29.3 Å². The summed E-state index contributed by atoms with van der Waals surface area (Å²) in [5.74, 6) is 1.12. The van der Waals surface area contributed by atoms with Gasteiger partial charge in [0.25, 0.3) is 0 Å². The number of thiazole rings is 1. The van der Waals surface area contributed by atoms with Gasteiger partial charge < -0.3 is 9.47 Å². The number of hydrogen-bond donors (Lipinski definition) is 1. The van der Waals surface area contributed by atoms with E-state index in [0.29, 0.717) is 29.2 Å². The molecule has 0 saturated carbocycles. The summed E-state index contributed by atoms with van der Waals surface area (Å²) in [5, 5.41) is 0. The van der Waals surface area contributed by atoms with Crippen molar-refractivity contribution in [1.29, 1.82) is 0 Å². The fraction of sp³-hybridized carbons (Fsp3) is 0.381. The molecule has 0 aliphatic rings. The van der Waals surface area contributed by atoms with Crippen LogP contribution < -0.4 is 19.1 Å². The Labute approximate surface area is 180 Å². The van der Waals surface area contributed by atoms with Crippen LogP contribution in [0.2, 0.25) is 0 Å². The van der Waals surface area contributed by atoms with Gasteiger partial charge in [0.15, 0.2) is 11.5 Å². The van der Waals surface area contributed by atoms with E-state index in [9.17, 15) is 13.2 Å². The molecule has 0 bridgehead atoms. The third kappa shape index (κ3) is 4.38. The summed E-state index contributed by atoms with van der Waals surface area (Å²) in [4.78, 5) is 12.3. The quantitative estimate of drug-likeness (QED) is 0.534. The normalized spacial score (nSPS) is 12.8. The highest BCUT2D eigenvalue weighted by atomic mass is 32.2. The highest BCUT2D eigenvalue weighted by Gasteiger charge is 2.22. The van der Waals surface area contributed by atoms with Gasteiger partial charge in [-0.05, 0) is 48.7 Å². The first-order valence-corrected chi connectivity index (χ1v) is 12.0. The van der Waals surface area contributed by atoms with Gasteiger partial charge in [-0.3, -0.25) is 9.36 Å². The molecule has 0 saturated heterocycles. The predicted molar refractivity (Wildman–Crippen MR) is 119 cm³/mol. The van der Waals surface area contributed by atoms with Crippen molar-refractivity contribution in [2.24, 2.45) is 0 Å². The molecule has 0 fully saturated rings. The Morgan fingerprint density at radius 1 is 1.07 bits per heavy atom. The number of aryl methyl sites for hydroxylation is 1. The number of benzene rings is 2. The first kappa shape index (κ1) is 22.3. The zero-order valence-corrected chi connectivity index (χ0v) is 19.1. The van der Waals surface area contributed by atoms with E-state index in [1.54, 1.807) is 42.0 Å². The van der Waals surface area contributed by atoms with Crippen LogP contribution in [-0.4, -0.2) is 27.2 Å². The monoisotopic (exact) mass is 450 g/mol. The maximum Gasteiger partial charge on any atom is 0.308 e. The molecule has 30 heavy (non-hydrogen) atoms. The van der Waals surface area contributed by atoms with E-state index in [4.69, 9.17) is 9.47 Å². The molecule has 1 N–H and O–H groups in total.